The highest BCUT2D eigenvalue weighted by Gasteiger charge is 2.64. The van der Waals surface area contributed by atoms with Crippen LogP contribution in [0.2, 0.25) is 0 Å². The molecule has 0 radical (unpaired) electrons. The summed E-state index contributed by atoms with van der Waals surface area (Å²) >= 11 is 1.68. The number of carbonyl (C=O) groups is 2. The zero-order chi connectivity index (χ0) is 16.1. The van der Waals surface area contributed by atoms with E-state index in [-0.39, 0.29) is 6.54 Å². The molecule has 2 amide bonds. The molecular weight excluding hydrogens is 309 g/mol. The van der Waals surface area contributed by atoms with E-state index in [1.807, 2.05) is 6.26 Å². The Balaban J connectivity index is 2.52. The molecule has 1 atom stereocenters. The van der Waals surface area contributed by atoms with Crippen molar-refractivity contribution < 1.29 is 27.9 Å². The third-order valence-corrected chi connectivity index (χ3v) is 4.26. The molecule has 1 rings (SSSR count). The molecule has 1 unspecified atom stereocenters. The molecule has 1 heterocycles. The van der Waals surface area contributed by atoms with E-state index in [1.54, 1.807) is 11.8 Å². The Morgan fingerprint density at radius 3 is 2.52 bits per heavy atom. The molecule has 0 spiro atoms. The number of aliphatic carboxylic acids is 1. The number of carboxylic acids is 1. The third-order valence-electron chi connectivity index (χ3n) is 3.56. The highest BCUT2D eigenvalue weighted by molar-refractivity contribution is 7.98. The molecule has 0 aliphatic carbocycles. The summed E-state index contributed by atoms with van der Waals surface area (Å²) < 4.78 is 38.9. The number of thioether (sulfide) groups is 1. The highest BCUT2D eigenvalue weighted by Crippen LogP contribution is 2.45. The number of carboxylic acid groups (broad SMARTS) is 1. The summed E-state index contributed by atoms with van der Waals surface area (Å²) in [4.78, 5) is 23.7. The maximum absolute atomic E-state index is 13.0. The number of unbranched alkanes of at least 4 members (excludes halogenated alkanes) is 1. The van der Waals surface area contributed by atoms with E-state index in [0.29, 0.717) is 6.54 Å². The lowest BCUT2D eigenvalue weighted by atomic mass is 9.86. The monoisotopic (exact) mass is 328 g/mol. The zero-order valence-corrected chi connectivity index (χ0v) is 12.5. The molecule has 122 valence electrons. The maximum atomic E-state index is 13.0. The molecule has 0 aromatic rings. The van der Waals surface area contributed by atoms with Gasteiger partial charge in [0.05, 0.1) is 0 Å². The fraction of sp³-hybridized carbons (Fsp3) is 0.833. The predicted molar refractivity (Wildman–Crippen MR) is 73.3 cm³/mol. The fourth-order valence-electron chi connectivity index (χ4n) is 2.19. The first-order valence-corrected chi connectivity index (χ1v) is 7.96. The number of urea groups is 1. The van der Waals surface area contributed by atoms with Gasteiger partial charge in [-0.15, -0.1) is 0 Å². The Hall–Kier alpha value is -1.12. The van der Waals surface area contributed by atoms with Crippen LogP contribution >= 0.6 is 11.8 Å². The molecule has 1 fully saturated rings. The predicted octanol–water partition coefficient (Wildman–Crippen LogP) is 2.18. The van der Waals surface area contributed by atoms with Crippen LogP contribution in [0.15, 0.2) is 0 Å². The van der Waals surface area contributed by atoms with E-state index in [9.17, 15) is 22.8 Å². The minimum Gasteiger partial charge on any atom is -0.481 e. The van der Waals surface area contributed by atoms with E-state index >= 15 is 0 Å². The van der Waals surface area contributed by atoms with Crippen molar-refractivity contribution in [2.75, 3.05) is 31.6 Å². The SMILES string of the molecule is CSCCCCNC(=O)N1CCC(C(=O)O)(C(F)(F)F)C1. The van der Waals surface area contributed by atoms with Gasteiger partial charge in [-0.1, -0.05) is 0 Å². The Labute approximate surface area is 125 Å². The topological polar surface area (TPSA) is 69.6 Å². The maximum Gasteiger partial charge on any atom is 0.406 e. The van der Waals surface area contributed by atoms with Gasteiger partial charge in [0.1, 0.15) is 0 Å². The van der Waals surface area contributed by atoms with Crippen molar-refractivity contribution in [3.8, 4) is 0 Å². The third kappa shape index (κ3) is 4.18. The van der Waals surface area contributed by atoms with Crippen molar-refractivity contribution in [3.05, 3.63) is 0 Å². The van der Waals surface area contributed by atoms with Gasteiger partial charge < -0.3 is 15.3 Å². The van der Waals surface area contributed by atoms with E-state index in [2.05, 4.69) is 5.32 Å². The van der Waals surface area contributed by atoms with Crippen molar-refractivity contribution >= 4 is 23.8 Å². The summed E-state index contributed by atoms with van der Waals surface area (Å²) in [6, 6.07) is -0.633. The zero-order valence-electron chi connectivity index (χ0n) is 11.7. The first-order valence-electron chi connectivity index (χ1n) is 6.56. The van der Waals surface area contributed by atoms with Crippen LogP contribution in [-0.2, 0) is 4.79 Å². The second-order valence-corrected chi connectivity index (χ2v) is 5.97. The minimum atomic E-state index is -4.87. The van der Waals surface area contributed by atoms with Gasteiger partial charge in [0.25, 0.3) is 0 Å². The van der Waals surface area contributed by atoms with Crippen LogP contribution in [0.1, 0.15) is 19.3 Å². The quantitative estimate of drug-likeness (QED) is 0.733. The highest BCUT2D eigenvalue weighted by atomic mass is 32.2. The summed E-state index contributed by atoms with van der Waals surface area (Å²) in [5, 5.41) is 11.4. The van der Waals surface area contributed by atoms with Crippen molar-refractivity contribution in [1.82, 2.24) is 10.2 Å². The van der Waals surface area contributed by atoms with Gasteiger partial charge in [0.2, 0.25) is 0 Å². The Kier molecular flexibility index (Phi) is 6.18. The molecule has 0 aromatic carbocycles. The van der Waals surface area contributed by atoms with Crippen LogP contribution in [-0.4, -0.2) is 59.8 Å². The van der Waals surface area contributed by atoms with E-state index < -0.39 is 36.6 Å². The molecule has 0 saturated carbocycles. The number of hydrogen-bond donors (Lipinski definition) is 2. The van der Waals surface area contributed by atoms with E-state index in [4.69, 9.17) is 5.11 Å². The van der Waals surface area contributed by atoms with Gasteiger partial charge in [0, 0.05) is 19.6 Å². The van der Waals surface area contributed by atoms with Gasteiger partial charge in [-0.2, -0.15) is 24.9 Å². The number of nitrogens with one attached hydrogen (secondary N) is 1. The van der Waals surface area contributed by atoms with Crippen molar-refractivity contribution in [3.63, 3.8) is 0 Å². The number of likely N-dealkylation sites (tertiary alicyclic amines) is 1. The largest absolute Gasteiger partial charge is 0.481 e. The number of rotatable bonds is 6. The van der Waals surface area contributed by atoms with Gasteiger partial charge in [-0.3, -0.25) is 4.79 Å². The fourth-order valence-corrected chi connectivity index (χ4v) is 2.68. The molecule has 5 nitrogen and oxygen atoms in total. The first kappa shape index (κ1) is 17.9. The average molecular weight is 328 g/mol. The second-order valence-electron chi connectivity index (χ2n) is 4.99. The molecule has 9 heteroatoms. The Morgan fingerprint density at radius 1 is 1.38 bits per heavy atom. The number of amides is 2. The van der Waals surface area contributed by atoms with Crippen LogP contribution in [0, 0.1) is 5.41 Å². The Morgan fingerprint density at radius 2 is 2.05 bits per heavy atom. The van der Waals surface area contributed by atoms with Crippen LogP contribution < -0.4 is 5.32 Å². The summed E-state index contributed by atoms with van der Waals surface area (Å²) in [6.07, 6.45) is -1.86. The number of alkyl halides is 3. The molecule has 0 aromatic heterocycles. The van der Waals surface area contributed by atoms with Gasteiger partial charge in [0.15, 0.2) is 5.41 Å². The normalized spacial score (nSPS) is 22.4. The van der Waals surface area contributed by atoms with Gasteiger partial charge in [-0.25, -0.2) is 4.79 Å². The minimum absolute atomic E-state index is 0.206. The summed E-state index contributed by atoms with van der Waals surface area (Å²) in [6.45, 7) is -0.660. The molecule has 0 bridgehead atoms. The molecule has 1 saturated heterocycles. The van der Waals surface area contributed by atoms with Crippen molar-refractivity contribution in [1.29, 1.82) is 0 Å². The van der Waals surface area contributed by atoms with Crippen molar-refractivity contribution in [2.24, 2.45) is 5.41 Å². The number of hydrogen-bond acceptors (Lipinski definition) is 3. The van der Waals surface area contributed by atoms with E-state index in [1.165, 1.54) is 0 Å². The van der Waals surface area contributed by atoms with Crippen LogP contribution in [0.5, 0.6) is 0 Å². The van der Waals surface area contributed by atoms with Crippen LogP contribution in [0.3, 0.4) is 0 Å². The summed E-state index contributed by atoms with van der Waals surface area (Å²) in [5.74, 6) is -0.972. The lowest BCUT2D eigenvalue weighted by Gasteiger charge is -2.27. The first-order chi connectivity index (χ1) is 9.74. The average Bonchev–Trinajstić information content (AvgIpc) is 2.84. The molecule has 21 heavy (non-hydrogen) atoms. The second kappa shape index (κ2) is 7.24. The van der Waals surface area contributed by atoms with Gasteiger partial charge in [-0.05, 0) is 31.3 Å². The summed E-state index contributed by atoms with van der Waals surface area (Å²) in [5.41, 5.74) is -2.84. The number of halogens is 3. The number of nitrogens with zero attached hydrogens (tertiary/aromatic N) is 1. The number of carbonyl (C=O) groups excluding carboxylic acids is 1. The van der Waals surface area contributed by atoms with Crippen LogP contribution in [0.25, 0.3) is 0 Å². The molecule has 1 aliphatic rings. The molecular formula is C12H19F3N2O3S. The molecule has 2 N–H and O–H groups in total. The van der Waals surface area contributed by atoms with Crippen molar-refractivity contribution in [2.45, 2.75) is 25.4 Å². The van der Waals surface area contributed by atoms with Gasteiger partial charge >= 0.3 is 18.2 Å². The van der Waals surface area contributed by atoms with E-state index in [0.717, 1.165) is 23.5 Å². The smallest absolute Gasteiger partial charge is 0.406 e. The molecule has 1 aliphatic heterocycles. The lowest BCUT2D eigenvalue weighted by Crippen LogP contribution is -2.49. The Bertz CT molecular complexity index is 392. The standard InChI is InChI=1S/C12H19F3N2O3S/c1-21-7-3-2-5-16-10(20)17-6-4-11(8-17,9(18)19)12(13,14)15/h2-8H2,1H3,(H,16,20)(H,18,19). The lowest BCUT2D eigenvalue weighted by molar-refractivity contribution is -0.226. The van der Waals surface area contributed by atoms with Crippen LogP contribution in [0.4, 0.5) is 18.0 Å². The summed E-state index contributed by atoms with van der Waals surface area (Å²) in [7, 11) is 0.